The zero-order valence-electron chi connectivity index (χ0n) is 11.6. The fraction of sp³-hybridized carbons (Fsp3) is 0.538. The lowest BCUT2D eigenvalue weighted by Crippen LogP contribution is -2.37. The van der Waals surface area contributed by atoms with Crippen molar-refractivity contribution in [3.63, 3.8) is 0 Å². The molecule has 0 saturated carbocycles. The van der Waals surface area contributed by atoms with Crippen LogP contribution >= 0.6 is 0 Å². The molecule has 0 aliphatic carbocycles. The lowest BCUT2D eigenvalue weighted by atomic mass is 10.3. The zero-order chi connectivity index (χ0) is 14.5. The molecule has 0 atom stereocenters. The molecule has 0 bridgehead atoms. The second-order valence-electron chi connectivity index (χ2n) is 4.61. The van der Waals surface area contributed by atoms with Crippen LogP contribution in [0.25, 0.3) is 0 Å². The van der Waals surface area contributed by atoms with E-state index in [1.807, 2.05) is 13.8 Å². The summed E-state index contributed by atoms with van der Waals surface area (Å²) in [5, 5.41) is 12.5. The van der Waals surface area contributed by atoms with Crippen molar-refractivity contribution >= 4 is 15.7 Å². The molecule has 0 spiro atoms. The average molecular weight is 286 g/mol. The quantitative estimate of drug-likeness (QED) is 0.798. The minimum Gasteiger partial charge on any atom is -0.508 e. The number of sulfonamides is 1. The molecule has 5 nitrogen and oxygen atoms in total. The maximum Gasteiger partial charge on any atom is 0.236 e. The molecule has 1 aromatic carbocycles. The van der Waals surface area contributed by atoms with Crippen molar-refractivity contribution in [3.05, 3.63) is 24.3 Å². The van der Waals surface area contributed by atoms with Gasteiger partial charge in [-0.15, -0.1) is 0 Å². The summed E-state index contributed by atoms with van der Waals surface area (Å²) in [6, 6.07) is 6.54. The molecule has 0 unspecified atom stereocenters. The number of aromatic hydroxyl groups is 1. The van der Waals surface area contributed by atoms with Crippen LogP contribution in [0.5, 0.6) is 5.75 Å². The van der Waals surface area contributed by atoms with E-state index < -0.39 is 10.0 Å². The third kappa shape index (κ3) is 4.72. The molecule has 0 aliphatic heterocycles. The van der Waals surface area contributed by atoms with E-state index in [1.165, 1.54) is 16.4 Å². The van der Waals surface area contributed by atoms with Gasteiger partial charge in [0, 0.05) is 25.2 Å². The molecular weight excluding hydrogens is 264 g/mol. The number of anilines is 1. The molecule has 0 radical (unpaired) electrons. The van der Waals surface area contributed by atoms with Gasteiger partial charge in [0.05, 0.1) is 11.4 Å². The Balaban J connectivity index is 2.84. The Bertz CT molecular complexity index is 500. The first-order valence-electron chi connectivity index (χ1n) is 6.39. The fourth-order valence-corrected chi connectivity index (χ4v) is 3.20. The highest BCUT2D eigenvalue weighted by Gasteiger charge is 2.20. The number of hydrogen-bond donors (Lipinski definition) is 2. The van der Waals surface area contributed by atoms with E-state index in [2.05, 4.69) is 5.32 Å². The summed E-state index contributed by atoms with van der Waals surface area (Å²) < 4.78 is 25.8. The van der Waals surface area contributed by atoms with E-state index in [1.54, 1.807) is 19.1 Å². The predicted molar refractivity (Wildman–Crippen MR) is 78.1 cm³/mol. The normalized spacial score (nSPS) is 11.8. The van der Waals surface area contributed by atoms with E-state index in [0.29, 0.717) is 18.8 Å². The summed E-state index contributed by atoms with van der Waals surface area (Å²) in [7, 11) is -3.38. The van der Waals surface area contributed by atoms with Crippen molar-refractivity contribution in [2.24, 2.45) is 0 Å². The van der Waals surface area contributed by atoms with E-state index in [0.717, 1.165) is 0 Å². The molecule has 0 heterocycles. The Kier molecular flexibility index (Phi) is 5.62. The molecule has 2 N–H and O–H groups in total. The first-order chi connectivity index (χ1) is 8.86. The Labute approximate surface area is 115 Å². The summed E-state index contributed by atoms with van der Waals surface area (Å²) in [4.78, 5) is 0. The first-order valence-corrected chi connectivity index (χ1v) is 8.00. The summed E-state index contributed by atoms with van der Waals surface area (Å²) in [6.07, 6.45) is 0. The van der Waals surface area contributed by atoms with E-state index in [-0.39, 0.29) is 17.5 Å². The molecule has 1 aromatic rings. The number of hydrogen-bond acceptors (Lipinski definition) is 4. The van der Waals surface area contributed by atoms with Gasteiger partial charge in [0.15, 0.2) is 0 Å². The van der Waals surface area contributed by atoms with Gasteiger partial charge in [-0.2, -0.15) is 0 Å². The molecule has 0 aliphatic rings. The Morgan fingerprint density at radius 1 is 1.37 bits per heavy atom. The van der Waals surface area contributed by atoms with Crippen LogP contribution in [-0.2, 0) is 10.0 Å². The van der Waals surface area contributed by atoms with E-state index in [4.69, 9.17) is 0 Å². The number of nitrogens with one attached hydrogen (secondary N) is 1. The van der Waals surface area contributed by atoms with Gasteiger partial charge >= 0.3 is 0 Å². The van der Waals surface area contributed by atoms with Gasteiger partial charge in [0.1, 0.15) is 5.75 Å². The van der Waals surface area contributed by atoms with E-state index >= 15 is 0 Å². The van der Waals surface area contributed by atoms with Crippen LogP contribution in [0.3, 0.4) is 0 Å². The van der Waals surface area contributed by atoms with Crippen molar-refractivity contribution in [3.8, 4) is 5.75 Å². The number of phenols is 1. The largest absolute Gasteiger partial charge is 0.508 e. The smallest absolute Gasteiger partial charge is 0.236 e. The van der Waals surface area contributed by atoms with Crippen LogP contribution in [0.4, 0.5) is 5.69 Å². The fourth-order valence-electron chi connectivity index (χ4n) is 1.77. The van der Waals surface area contributed by atoms with Gasteiger partial charge in [-0.1, -0.05) is 19.9 Å². The summed E-state index contributed by atoms with van der Waals surface area (Å²) in [5.41, 5.74) is 0.493. The lowest BCUT2D eigenvalue weighted by molar-refractivity contribution is 0.475. The highest BCUT2D eigenvalue weighted by atomic mass is 32.2. The SMILES string of the molecule is CCN(c1cccc(O)c1)S(=O)(=O)CCNC(C)C. The average Bonchev–Trinajstić information content (AvgIpc) is 2.28. The molecule has 0 fully saturated rings. The second kappa shape index (κ2) is 6.77. The highest BCUT2D eigenvalue weighted by molar-refractivity contribution is 7.92. The van der Waals surface area contributed by atoms with E-state index in [9.17, 15) is 13.5 Å². The summed E-state index contributed by atoms with van der Waals surface area (Å²) in [6.45, 7) is 6.47. The summed E-state index contributed by atoms with van der Waals surface area (Å²) >= 11 is 0. The van der Waals surface area contributed by atoms with Gasteiger partial charge in [0.25, 0.3) is 0 Å². The number of rotatable bonds is 7. The van der Waals surface area contributed by atoms with Crippen LogP contribution in [0.1, 0.15) is 20.8 Å². The zero-order valence-corrected chi connectivity index (χ0v) is 12.4. The third-order valence-corrected chi connectivity index (χ3v) is 4.51. The van der Waals surface area contributed by atoms with Gasteiger partial charge in [-0.05, 0) is 19.1 Å². The molecule has 0 amide bonds. The number of phenolic OH excluding ortho intramolecular Hbond substituents is 1. The molecule has 1 rings (SSSR count). The minimum absolute atomic E-state index is 0.0364. The predicted octanol–water partition coefficient (Wildman–Crippen LogP) is 1.55. The minimum atomic E-state index is -3.38. The van der Waals surface area contributed by atoms with Gasteiger partial charge in [-0.3, -0.25) is 4.31 Å². The Morgan fingerprint density at radius 2 is 2.05 bits per heavy atom. The Hall–Kier alpha value is -1.27. The summed E-state index contributed by atoms with van der Waals surface area (Å²) in [5.74, 6) is 0.0979. The van der Waals surface area contributed by atoms with Gasteiger partial charge in [-0.25, -0.2) is 8.42 Å². The molecule has 108 valence electrons. The number of nitrogens with zero attached hydrogens (tertiary/aromatic N) is 1. The molecular formula is C13H22N2O3S. The second-order valence-corrected chi connectivity index (χ2v) is 6.62. The molecule has 6 heteroatoms. The Morgan fingerprint density at radius 3 is 2.58 bits per heavy atom. The van der Waals surface area contributed by atoms with Crippen molar-refractivity contribution < 1.29 is 13.5 Å². The van der Waals surface area contributed by atoms with Crippen LogP contribution in [0.2, 0.25) is 0 Å². The maximum atomic E-state index is 12.3. The van der Waals surface area contributed by atoms with Crippen molar-refractivity contribution in [1.82, 2.24) is 5.32 Å². The third-order valence-electron chi connectivity index (χ3n) is 2.65. The van der Waals surface area contributed by atoms with Crippen LogP contribution in [0, 0.1) is 0 Å². The number of benzene rings is 1. The first kappa shape index (κ1) is 15.8. The van der Waals surface area contributed by atoms with Crippen LogP contribution < -0.4 is 9.62 Å². The van der Waals surface area contributed by atoms with Crippen LogP contribution in [-0.4, -0.2) is 38.4 Å². The maximum absolute atomic E-state index is 12.3. The molecule has 19 heavy (non-hydrogen) atoms. The monoisotopic (exact) mass is 286 g/mol. The van der Waals surface area contributed by atoms with Gasteiger partial charge < -0.3 is 10.4 Å². The highest BCUT2D eigenvalue weighted by Crippen LogP contribution is 2.22. The van der Waals surface area contributed by atoms with Gasteiger partial charge in [0.2, 0.25) is 10.0 Å². The molecule has 0 aromatic heterocycles. The van der Waals surface area contributed by atoms with Crippen molar-refractivity contribution in [2.75, 3.05) is 23.1 Å². The van der Waals surface area contributed by atoms with Crippen molar-refractivity contribution in [2.45, 2.75) is 26.8 Å². The van der Waals surface area contributed by atoms with Crippen molar-refractivity contribution in [1.29, 1.82) is 0 Å². The topological polar surface area (TPSA) is 69.6 Å². The molecule has 0 saturated heterocycles. The lowest BCUT2D eigenvalue weighted by Gasteiger charge is -2.23. The van der Waals surface area contributed by atoms with Crippen LogP contribution in [0.15, 0.2) is 24.3 Å². The standard InChI is InChI=1S/C13H22N2O3S/c1-4-15(12-6-5-7-13(16)10-12)19(17,18)9-8-14-11(2)3/h5-7,10-11,14,16H,4,8-9H2,1-3H3.